The van der Waals surface area contributed by atoms with Gasteiger partial charge in [-0.25, -0.2) is 4.39 Å². The van der Waals surface area contributed by atoms with E-state index in [1.165, 1.54) is 38.0 Å². The third-order valence-electron chi connectivity index (χ3n) is 1.94. The lowest BCUT2D eigenvalue weighted by atomic mass is 10.1. The highest BCUT2D eigenvalue weighted by Gasteiger charge is 2.18. The van der Waals surface area contributed by atoms with E-state index in [4.69, 9.17) is 4.52 Å². The molecule has 0 aromatic heterocycles. The SMILES string of the molecule is COP(C)(=O)OCC(=O)c1ccccc1F. The van der Waals surface area contributed by atoms with Gasteiger partial charge >= 0.3 is 7.60 Å². The van der Waals surface area contributed by atoms with Crippen molar-refractivity contribution in [1.82, 2.24) is 0 Å². The smallest absolute Gasteiger partial charge is 0.312 e. The van der Waals surface area contributed by atoms with Crippen molar-refractivity contribution in [3.8, 4) is 0 Å². The van der Waals surface area contributed by atoms with Gasteiger partial charge in [0.2, 0.25) is 0 Å². The molecule has 88 valence electrons. The molecule has 0 aliphatic rings. The van der Waals surface area contributed by atoms with Gasteiger partial charge in [0.25, 0.3) is 0 Å². The summed E-state index contributed by atoms with van der Waals surface area (Å²) in [4.78, 5) is 11.5. The zero-order valence-electron chi connectivity index (χ0n) is 8.97. The van der Waals surface area contributed by atoms with Gasteiger partial charge in [0.1, 0.15) is 12.4 Å². The molecule has 0 bridgehead atoms. The Labute approximate surface area is 92.9 Å². The number of ketones is 1. The summed E-state index contributed by atoms with van der Waals surface area (Å²) in [6.07, 6.45) is 0. The summed E-state index contributed by atoms with van der Waals surface area (Å²) in [7, 11) is -1.99. The van der Waals surface area contributed by atoms with E-state index in [0.717, 1.165) is 0 Å². The molecule has 0 amide bonds. The molecule has 0 N–H and O–H groups in total. The van der Waals surface area contributed by atoms with Gasteiger partial charge in [-0.2, -0.15) is 0 Å². The van der Waals surface area contributed by atoms with Gasteiger partial charge in [-0.15, -0.1) is 0 Å². The van der Waals surface area contributed by atoms with Crippen molar-refractivity contribution in [2.75, 3.05) is 20.4 Å². The molecule has 0 heterocycles. The van der Waals surface area contributed by atoms with Crippen molar-refractivity contribution in [2.24, 2.45) is 0 Å². The minimum atomic E-state index is -3.21. The first-order chi connectivity index (χ1) is 7.46. The van der Waals surface area contributed by atoms with Crippen molar-refractivity contribution in [3.63, 3.8) is 0 Å². The van der Waals surface area contributed by atoms with E-state index in [9.17, 15) is 13.8 Å². The fraction of sp³-hybridized carbons (Fsp3) is 0.300. The van der Waals surface area contributed by atoms with Crippen LogP contribution in [0.3, 0.4) is 0 Å². The number of halogens is 1. The Hall–Kier alpha value is -1.03. The van der Waals surface area contributed by atoms with Gasteiger partial charge < -0.3 is 9.05 Å². The minimum Gasteiger partial charge on any atom is -0.312 e. The van der Waals surface area contributed by atoms with Crippen molar-refractivity contribution in [2.45, 2.75) is 0 Å². The number of rotatable bonds is 5. The molecule has 0 spiro atoms. The number of benzene rings is 1. The molecular formula is C10H12FO4P. The van der Waals surface area contributed by atoms with Crippen molar-refractivity contribution >= 4 is 13.4 Å². The number of Topliss-reactive ketones (excluding diaryl/α,β-unsaturated/α-hetero) is 1. The molecule has 0 fully saturated rings. The van der Waals surface area contributed by atoms with Crippen LogP contribution < -0.4 is 0 Å². The second-order valence-corrected chi connectivity index (χ2v) is 5.30. The molecule has 1 aromatic rings. The van der Waals surface area contributed by atoms with E-state index in [0.29, 0.717) is 0 Å². The fourth-order valence-corrected chi connectivity index (χ4v) is 1.45. The van der Waals surface area contributed by atoms with Gasteiger partial charge in [-0.3, -0.25) is 9.36 Å². The molecule has 1 aromatic carbocycles. The summed E-state index contributed by atoms with van der Waals surface area (Å²) >= 11 is 0. The van der Waals surface area contributed by atoms with Crippen LogP contribution >= 0.6 is 7.60 Å². The highest BCUT2D eigenvalue weighted by atomic mass is 31.2. The van der Waals surface area contributed by atoms with Gasteiger partial charge in [-0.05, 0) is 12.1 Å². The Kier molecular flexibility index (Phi) is 4.35. The summed E-state index contributed by atoms with van der Waals surface area (Å²) in [5, 5.41) is 0. The standard InChI is InChI=1S/C10H12FO4P/c1-14-16(2,13)15-7-10(12)8-5-3-4-6-9(8)11/h3-6H,7H2,1-2H3. The summed E-state index contributed by atoms with van der Waals surface area (Å²) in [5.74, 6) is -1.20. The fourth-order valence-electron chi connectivity index (χ4n) is 0.994. The Bertz CT molecular complexity index is 433. The molecule has 6 heteroatoms. The third-order valence-corrected chi connectivity index (χ3v) is 3.20. The molecule has 0 saturated heterocycles. The molecule has 1 rings (SSSR count). The van der Waals surface area contributed by atoms with E-state index in [1.54, 1.807) is 0 Å². The summed E-state index contributed by atoms with van der Waals surface area (Å²) in [5.41, 5.74) is -0.0846. The van der Waals surface area contributed by atoms with Crippen LogP contribution in [-0.2, 0) is 13.6 Å². The summed E-state index contributed by atoms with van der Waals surface area (Å²) in [6.45, 7) is 0.768. The zero-order valence-corrected chi connectivity index (χ0v) is 9.87. The lowest BCUT2D eigenvalue weighted by molar-refractivity contribution is 0.0902. The molecular weight excluding hydrogens is 234 g/mol. The number of carbonyl (C=O) groups is 1. The van der Waals surface area contributed by atoms with Crippen LogP contribution in [0.25, 0.3) is 0 Å². The highest BCUT2D eigenvalue weighted by molar-refractivity contribution is 7.52. The topological polar surface area (TPSA) is 52.6 Å². The van der Waals surface area contributed by atoms with Gasteiger partial charge in [0, 0.05) is 13.8 Å². The monoisotopic (exact) mass is 246 g/mol. The second-order valence-electron chi connectivity index (χ2n) is 3.13. The lowest BCUT2D eigenvalue weighted by Gasteiger charge is -2.10. The predicted octanol–water partition coefficient (Wildman–Crippen LogP) is 2.49. The largest absolute Gasteiger partial charge is 0.327 e. The van der Waals surface area contributed by atoms with E-state index < -0.39 is 25.8 Å². The summed E-state index contributed by atoms with van der Waals surface area (Å²) < 4.78 is 33.8. The van der Waals surface area contributed by atoms with Crippen LogP contribution in [0.15, 0.2) is 24.3 Å². The Morgan fingerprint density at radius 3 is 2.62 bits per heavy atom. The highest BCUT2D eigenvalue weighted by Crippen LogP contribution is 2.42. The summed E-state index contributed by atoms with van der Waals surface area (Å²) in [6, 6.07) is 5.54. The van der Waals surface area contributed by atoms with Gasteiger partial charge in [0.05, 0.1) is 5.56 Å². The molecule has 0 aliphatic carbocycles. The minimum absolute atomic E-state index is 0.0846. The van der Waals surface area contributed by atoms with Crippen LogP contribution in [0.5, 0.6) is 0 Å². The average Bonchev–Trinajstić information content (AvgIpc) is 2.27. The maximum Gasteiger partial charge on any atom is 0.327 e. The van der Waals surface area contributed by atoms with Crippen molar-refractivity contribution < 1.29 is 22.8 Å². The van der Waals surface area contributed by atoms with E-state index in [2.05, 4.69) is 4.52 Å². The Morgan fingerprint density at radius 1 is 1.44 bits per heavy atom. The van der Waals surface area contributed by atoms with E-state index >= 15 is 0 Å². The van der Waals surface area contributed by atoms with E-state index in [1.807, 2.05) is 0 Å². The molecule has 0 saturated carbocycles. The normalized spacial score (nSPS) is 14.4. The Balaban J connectivity index is 2.68. The number of hydrogen-bond donors (Lipinski definition) is 0. The number of carbonyl (C=O) groups excluding carboxylic acids is 1. The average molecular weight is 246 g/mol. The van der Waals surface area contributed by atoms with Crippen molar-refractivity contribution in [1.29, 1.82) is 0 Å². The maximum absolute atomic E-state index is 13.2. The Morgan fingerprint density at radius 2 is 2.06 bits per heavy atom. The first-order valence-electron chi connectivity index (χ1n) is 4.52. The lowest BCUT2D eigenvalue weighted by Crippen LogP contribution is -2.10. The van der Waals surface area contributed by atoms with Crippen LogP contribution in [0.1, 0.15) is 10.4 Å². The van der Waals surface area contributed by atoms with Crippen LogP contribution in [-0.4, -0.2) is 26.2 Å². The number of hydrogen-bond acceptors (Lipinski definition) is 4. The van der Waals surface area contributed by atoms with E-state index in [-0.39, 0.29) is 5.56 Å². The van der Waals surface area contributed by atoms with Crippen molar-refractivity contribution in [3.05, 3.63) is 35.6 Å². The predicted molar refractivity (Wildman–Crippen MR) is 57.2 cm³/mol. The zero-order chi connectivity index (χ0) is 12.2. The first-order valence-corrected chi connectivity index (χ1v) is 6.51. The van der Waals surface area contributed by atoms with Crippen LogP contribution in [0.4, 0.5) is 4.39 Å². The van der Waals surface area contributed by atoms with Gasteiger partial charge in [0.15, 0.2) is 5.78 Å². The first kappa shape index (κ1) is 13.0. The second kappa shape index (κ2) is 5.34. The molecule has 4 nitrogen and oxygen atoms in total. The molecule has 1 atom stereocenters. The molecule has 1 unspecified atom stereocenters. The van der Waals surface area contributed by atoms with Gasteiger partial charge in [-0.1, -0.05) is 12.1 Å². The third kappa shape index (κ3) is 3.52. The molecule has 0 radical (unpaired) electrons. The molecule has 0 aliphatic heterocycles. The molecule has 16 heavy (non-hydrogen) atoms. The van der Waals surface area contributed by atoms with Crippen LogP contribution in [0, 0.1) is 5.82 Å². The quantitative estimate of drug-likeness (QED) is 0.591. The maximum atomic E-state index is 13.2. The van der Waals surface area contributed by atoms with Crippen LogP contribution in [0.2, 0.25) is 0 Å².